The highest BCUT2D eigenvalue weighted by molar-refractivity contribution is 5.61. The summed E-state index contributed by atoms with van der Waals surface area (Å²) in [7, 11) is 0. The fraction of sp³-hybridized carbons (Fsp3) is 0.375. The van der Waals surface area contributed by atoms with Gasteiger partial charge in [-0.05, 0) is 36.8 Å². The molecule has 0 spiro atoms. The molecule has 1 aromatic carbocycles. The average molecular weight is 296 g/mol. The van der Waals surface area contributed by atoms with Crippen molar-refractivity contribution in [1.29, 1.82) is 0 Å². The summed E-state index contributed by atoms with van der Waals surface area (Å²) in [4.78, 5) is 4.47. The Bertz CT molecular complexity index is 758. The molecule has 2 aromatic heterocycles. The zero-order valence-corrected chi connectivity index (χ0v) is 12.3. The first-order valence-corrected chi connectivity index (χ1v) is 7.41. The minimum Gasteiger partial charge on any atom is -0.423 e. The predicted octanol–water partition coefficient (Wildman–Crippen LogP) is 3.52. The third kappa shape index (κ3) is 2.64. The van der Waals surface area contributed by atoms with Crippen LogP contribution in [0.15, 0.2) is 39.6 Å². The van der Waals surface area contributed by atoms with E-state index in [1.165, 1.54) is 19.2 Å². The number of hydrogen-bond acceptors (Lipinski definition) is 6. The predicted molar refractivity (Wildman–Crippen MR) is 78.7 cm³/mol. The van der Waals surface area contributed by atoms with Gasteiger partial charge in [-0.15, -0.1) is 10.2 Å². The molecule has 0 saturated heterocycles. The van der Waals surface area contributed by atoms with E-state index in [1.54, 1.807) is 0 Å². The van der Waals surface area contributed by atoms with E-state index in [0.29, 0.717) is 23.0 Å². The van der Waals surface area contributed by atoms with E-state index in [4.69, 9.17) is 8.94 Å². The van der Waals surface area contributed by atoms with Crippen molar-refractivity contribution < 1.29 is 8.94 Å². The van der Waals surface area contributed by atoms with Crippen molar-refractivity contribution in [2.24, 2.45) is 5.41 Å². The lowest BCUT2D eigenvalue weighted by Crippen LogP contribution is -1.96. The summed E-state index contributed by atoms with van der Waals surface area (Å²) in [6.45, 7) is 2.31. The van der Waals surface area contributed by atoms with Crippen molar-refractivity contribution in [2.75, 3.05) is 0 Å². The molecule has 0 aliphatic heterocycles. The summed E-state index contributed by atoms with van der Waals surface area (Å²) in [6.07, 6.45) is 5.90. The van der Waals surface area contributed by atoms with Crippen LogP contribution in [0.2, 0.25) is 0 Å². The monoisotopic (exact) mass is 296 g/mol. The van der Waals surface area contributed by atoms with Crippen LogP contribution in [-0.4, -0.2) is 20.3 Å². The van der Waals surface area contributed by atoms with Gasteiger partial charge in [0.1, 0.15) is 0 Å². The molecule has 3 aromatic rings. The maximum atomic E-state index is 5.34. The molecule has 0 amide bonds. The van der Waals surface area contributed by atoms with E-state index in [1.807, 2.05) is 24.3 Å². The van der Waals surface area contributed by atoms with Gasteiger partial charge < -0.3 is 8.94 Å². The molecule has 4 rings (SSSR count). The molecule has 0 unspecified atom stereocenters. The lowest BCUT2D eigenvalue weighted by Gasteiger charge is -2.03. The highest BCUT2D eigenvalue weighted by Crippen LogP contribution is 2.48. The van der Waals surface area contributed by atoms with E-state index in [2.05, 4.69) is 27.3 Å². The second-order valence-corrected chi connectivity index (χ2v) is 6.14. The summed E-state index contributed by atoms with van der Waals surface area (Å²) in [5, 5.41) is 11.6. The second kappa shape index (κ2) is 5.05. The fourth-order valence-corrected chi connectivity index (χ4v) is 2.41. The summed E-state index contributed by atoms with van der Waals surface area (Å²) in [5.74, 6) is 1.83. The Hall–Kier alpha value is -2.50. The third-order valence-electron chi connectivity index (χ3n) is 4.26. The van der Waals surface area contributed by atoms with Crippen LogP contribution in [0.4, 0.5) is 0 Å². The van der Waals surface area contributed by atoms with E-state index in [9.17, 15) is 0 Å². The van der Waals surface area contributed by atoms with Gasteiger partial charge in [0.2, 0.25) is 24.0 Å². The topological polar surface area (TPSA) is 77.8 Å². The van der Waals surface area contributed by atoms with Gasteiger partial charge >= 0.3 is 0 Å². The summed E-state index contributed by atoms with van der Waals surface area (Å²) >= 11 is 0. The molecule has 0 bridgehead atoms. The molecule has 6 nitrogen and oxygen atoms in total. The standard InChI is InChI=1S/C16H16N4O2/c1-16(8-9-16)7-6-13-18-14(20-22-13)11-2-4-12(5-3-11)15-19-17-10-21-15/h2-5,10H,6-9H2,1H3. The molecular weight excluding hydrogens is 280 g/mol. The maximum absolute atomic E-state index is 5.34. The molecule has 112 valence electrons. The van der Waals surface area contributed by atoms with E-state index >= 15 is 0 Å². The minimum atomic E-state index is 0.498. The molecule has 6 heteroatoms. The first kappa shape index (κ1) is 13.2. The van der Waals surface area contributed by atoms with Gasteiger partial charge in [-0.3, -0.25) is 0 Å². The summed E-state index contributed by atoms with van der Waals surface area (Å²) < 4.78 is 10.5. The van der Waals surface area contributed by atoms with Crippen molar-refractivity contribution in [2.45, 2.75) is 32.6 Å². The van der Waals surface area contributed by atoms with Gasteiger partial charge in [-0.25, -0.2) is 0 Å². The number of nitrogens with zero attached hydrogens (tertiary/aromatic N) is 4. The molecule has 22 heavy (non-hydrogen) atoms. The Morgan fingerprint density at radius 1 is 1.14 bits per heavy atom. The zero-order chi connectivity index (χ0) is 15.0. The van der Waals surface area contributed by atoms with Crippen LogP contribution in [0.1, 0.15) is 32.1 Å². The lowest BCUT2D eigenvalue weighted by molar-refractivity contribution is 0.362. The molecule has 0 atom stereocenters. The Labute approximate surface area is 127 Å². The zero-order valence-electron chi connectivity index (χ0n) is 12.3. The first-order valence-electron chi connectivity index (χ1n) is 7.41. The molecule has 0 N–H and O–H groups in total. The number of aryl methyl sites for hydroxylation is 1. The smallest absolute Gasteiger partial charge is 0.247 e. The number of aromatic nitrogens is 4. The molecule has 1 saturated carbocycles. The van der Waals surface area contributed by atoms with Gasteiger partial charge in [-0.1, -0.05) is 24.2 Å². The molecule has 1 aliphatic carbocycles. The third-order valence-corrected chi connectivity index (χ3v) is 4.26. The number of rotatable bonds is 5. The first-order chi connectivity index (χ1) is 10.7. The van der Waals surface area contributed by atoms with Gasteiger partial charge in [0.05, 0.1) is 0 Å². The van der Waals surface area contributed by atoms with E-state index < -0.39 is 0 Å². The fourth-order valence-electron chi connectivity index (χ4n) is 2.41. The van der Waals surface area contributed by atoms with Crippen LogP contribution in [0.25, 0.3) is 22.8 Å². The van der Waals surface area contributed by atoms with Crippen molar-refractivity contribution in [3.05, 3.63) is 36.5 Å². The Morgan fingerprint density at radius 2 is 1.91 bits per heavy atom. The molecule has 2 heterocycles. The molecule has 1 aliphatic rings. The Kier molecular flexibility index (Phi) is 3.03. The normalized spacial score (nSPS) is 15.9. The van der Waals surface area contributed by atoms with Crippen molar-refractivity contribution in [1.82, 2.24) is 20.3 Å². The molecule has 0 radical (unpaired) electrons. The van der Waals surface area contributed by atoms with Crippen LogP contribution >= 0.6 is 0 Å². The van der Waals surface area contributed by atoms with Gasteiger partial charge in [-0.2, -0.15) is 4.98 Å². The van der Waals surface area contributed by atoms with Crippen LogP contribution in [0, 0.1) is 5.41 Å². The van der Waals surface area contributed by atoms with E-state index in [0.717, 1.165) is 24.0 Å². The average Bonchev–Trinajstić information content (AvgIpc) is 3.02. The Balaban J connectivity index is 1.48. The highest BCUT2D eigenvalue weighted by Gasteiger charge is 2.36. The van der Waals surface area contributed by atoms with Crippen molar-refractivity contribution in [3.63, 3.8) is 0 Å². The van der Waals surface area contributed by atoms with Gasteiger partial charge in [0.15, 0.2) is 0 Å². The van der Waals surface area contributed by atoms with Crippen LogP contribution < -0.4 is 0 Å². The van der Waals surface area contributed by atoms with Crippen molar-refractivity contribution >= 4 is 0 Å². The number of hydrogen-bond donors (Lipinski definition) is 0. The largest absolute Gasteiger partial charge is 0.423 e. The summed E-state index contributed by atoms with van der Waals surface area (Å²) in [5.41, 5.74) is 2.28. The summed E-state index contributed by atoms with van der Waals surface area (Å²) in [6, 6.07) is 7.67. The Morgan fingerprint density at radius 3 is 2.59 bits per heavy atom. The maximum Gasteiger partial charge on any atom is 0.247 e. The van der Waals surface area contributed by atoms with Crippen LogP contribution in [-0.2, 0) is 6.42 Å². The highest BCUT2D eigenvalue weighted by atomic mass is 16.5. The van der Waals surface area contributed by atoms with Crippen LogP contribution in [0.3, 0.4) is 0 Å². The SMILES string of the molecule is CC1(CCc2nc(-c3ccc(-c4nnco4)cc3)no2)CC1. The second-order valence-electron chi connectivity index (χ2n) is 6.14. The molecule has 1 fully saturated rings. The van der Waals surface area contributed by atoms with Gasteiger partial charge in [0, 0.05) is 17.5 Å². The van der Waals surface area contributed by atoms with Crippen LogP contribution in [0.5, 0.6) is 0 Å². The van der Waals surface area contributed by atoms with E-state index in [-0.39, 0.29) is 0 Å². The minimum absolute atomic E-state index is 0.498. The van der Waals surface area contributed by atoms with Gasteiger partial charge in [0.25, 0.3) is 0 Å². The number of benzene rings is 1. The van der Waals surface area contributed by atoms with Crippen molar-refractivity contribution in [3.8, 4) is 22.8 Å². The molecular formula is C16H16N4O2. The lowest BCUT2D eigenvalue weighted by atomic mass is 10.0. The quantitative estimate of drug-likeness (QED) is 0.717.